The third-order valence-electron chi connectivity index (χ3n) is 3.60. The highest BCUT2D eigenvalue weighted by Gasteiger charge is 2.45. The van der Waals surface area contributed by atoms with E-state index in [1.807, 2.05) is 0 Å². The van der Waals surface area contributed by atoms with Crippen molar-refractivity contribution in [3.8, 4) is 0 Å². The fourth-order valence-electron chi connectivity index (χ4n) is 2.57. The number of alkyl halides is 1. The summed E-state index contributed by atoms with van der Waals surface area (Å²) in [5.74, 6) is -0.226. The van der Waals surface area contributed by atoms with E-state index < -0.39 is 5.41 Å². The molecule has 0 amide bonds. The quantitative estimate of drug-likeness (QED) is 0.257. The van der Waals surface area contributed by atoms with Gasteiger partial charge < -0.3 is 4.74 Å². The van der Waals surface area contributed by atoms with Gasteiger partial charge in [-0.3, -0.25) is 9.59 Å². The second-order valence-corrected chi connectivity index (χ2v) is 5.50. The molecule has 0 bridgehead atoms. The van der Waals surface area contributed by atoms with Gasteiger partial charge in [-0.1, -0.05) is 35.2 Å². The minimum Gasteiger partial charge on any atom is -0.468 e. The Morgan fingerprint density at radius 2 is 2.12 bits per heavy atom. The number of ketones is 1. The van der Waals surface area contributed by atoms with Crippen molar-refractivity contribution in [2.75, 3.05) is 12.4 Å². The number of hydrogen-bond donors (Lipinski definition) is 0. The number of esters is 1. The maximum absolute atomic E-state index is 12.2. The molecule has 3 nitrogen and oxygen atoms in total. The zero-order chi connectivity index (χ0) is 12.7. The van der Waals surface area contributed by atoms with Crippen LogP contribution in [0.1, 0.15) is 51.4 Å². The van der Waals surface area contributed by atoms with E-state index in [2.05, 4.69) is 15.9 Å². The zero-order valence-electron chi connectivity index (χ0n) is 10.5. The number of methoxy groups -OCH3 is 1. The van der Waals surface area contributed by atoms with Gasteiger partial charge in [0.15, 0.2) is 0 Å². The molecule has 1 unspecified atom stereocenters. The minimum absolute atomic E-state index is 0.0939. The van der Waals surface area contributed by atoms with Crippen LogP contribution in [0.15, 0.2) is 0 Å². The summed E-state index contributed by atoms with van der Waals surface area (Å²) in [7, 11) is 1.38. The Labute approximate surface area is 111 Å². The van der Waals surface area contributed by atoms with Gasteiger partial charge in [0.05, 0.1) is 7.11 Å². The maximum atomic E-state index is 12.2. The van der Waals surface area contributed by atoms with Gasteiger partial charge in [-0.05, 0) is 25.7 Å². The van der Waals surface area contributed by atoms with Crippen LogP contribution in [-0.4, -0.2) is 24.2 Å². The van der Waals surface area contributed by atoms with Crippen LogP contribution < -0.4 is 0 Å². The predicted molar refractivity (Wildman–Crippen MR) is 70.2 cm³/mol. The number of unbranched alkanes of at least 4 members (excludes halogenated alkanes) is 1. The highest BCUT2D eigenvalue weighted by molar-refractivity contribution is 9.09. The molecule has 0 N–H and O–H groups in total. The van der Waals surface area contributed by atoms with E-state index in [9.17, 15) is 9.59 Å². The molecule has 1 rings (SSSR count). The zero-order valence-corrected chi connectivity index (χ0v) is 12.1. The predicted octanol–water partition coefficient (Wildman–Crippen LogP) is 3.24. The molecule has 1 aliphatic carbocycles. The van der Waals surface area contributed by atoms with Crippen LogP contribution in [0.5, 0.6) is 0 Å². The van der Waals surface area contributed by atoms with Gasteiger partial charge in [-0.25, -0.2) is 0 Å². The topological polar surface area (TPSA) is 43.4 Å². The first kappa shape index (κ1) is 14.7. The lowest BCUT2D eigenvalue weighted by molar-refractivity contribution is -0.159. The molecule has 4 heteroatoms. The molecular formula is C13H21BrO3. The SMILES string of the molecule is COC(=O)C1(CCCCBr)CCCCCC1=O. The number of carbonyl (C=O) groups excluding carboxylic acids is 2. The molecule has 0 aromatic rings. The Morgan fingerprint density at radius 3 is 2.76 bits per heavy atom. The molecule has 17 heavy (non-hydrogen) atoms. The highest BCUT2D eigenvalue weighted by Crippen LogP contribution is 2.38. The van der Waals surface area contributed by atoms with Gasteiger partial charge in [-0.15, -0.1) is 0 Å². The van der Waals surface area contributed by atoms with E-state index in [-0.39, 0.29) is 11.8 Å². The van der Waals surface area contributed by atoms with Crippen LogP contribution in [0.25, 0.3) is 0 Å². The van der Waals surface area contributed by atoms with Crippen molar-refractivity contribution in [3.05, 3.63) is 0 Å². The Hall–Kier alpha value is -0.380. The van der Waals surface area contributed by atoms with Crippen molar-refractivity contribution in [1.82, 2.24) is 0 Å². The molecule has 0 heterocycles. The van der Waals surface area contributed by atoms with Crippen molar-refractivity contribution < 1.29 is 14.3 Å². The lowest BCUT2D eigenvalue weighted by atomic mass is 9.75. The number of hydrogen-bond acceptors (Lipinski definition) is 3. The largest absolute Gasteiger partial charge is 0.468 e. The Morgan fingerprint density at radius 1 is 1.35 bits per heavy atom. The Kier molecular flexibility index (Phi) is 6.17. The summed E-state index contributed by atoms with van der Waals surface area (Å²) in [6, 6.07) is 0. The summed E-state index contributed by atoms with van der Waals surface area (Å²) in [5, 5.41) is 0.915. The first-order valence-electron chi connectivity index (χ1n) is 6.35. The summed E-state index contributed by atoms with van der Waals surface area (Å²) in [6.07, 6.45) is 6.64. The average molecular weight is 305 g/mol. The number of ether oxygens (including phenoxy) is 1. The first-order chi connectivity index (χ1) is 8.17. The summed E-state index contributed by atoms with van der Waals surface area (Å²) < 4.78 is 4.88. The monoisotopic (exact) mass is 304 g/mol. The van der Waals surface area contributed by atoms with Crippen LogP contribution in [-0.2, 0) is 14.3 Å². The van der Waals surface area contributed by atoms with E-state index in [4.69, 9.17) is 4.74 Å². The van der Waals surface area contributed by atoms with Crippen LogP contribution >= 0.6 is 15.9 Å². The van der Waals surface area contributed by atoms with Crippen LogP contribution in [0, 0.1) is 5.41 Å². The molecule has 0 spiro atoms. The average Bonchev–Trinajstić information content (AvgIpc) is 2.52. The molecule has 1 atom stereocenters. The molecule has 1 saturated carbocycles. The smallest absolute Gasteiger partial charge is 0.319 e. The molecule has 0 aromatic heterocycles. The molecule has 0 aliphatic heterocycles. The molecular weight excluding hydrogens is 284 g/mol. The van der Waals surface area contributed by atoms with Gasteiger partial charge in [0, 0.05) is 11.8 Å². The third-order valence-corrected chi connectivity index (χ3v) is 4.17. The van der Waals surface area contributed by atoms with Crippen LogP contribution in [0.3, 0.4) is 0 Å². The van der Waals surface area contributed by atoms with Crippen molar-refractivity contribution in [2.24, 2.45) is 5.41 Å². The Balaban J connectivity index is 2.81. The standard InChI is InChI=1S/C13H21BrO3/c1-17-12(16)13(9-5-6-10-14)8-4-2-3-7-11(13)15/h2-10H2,1H3. The van der Waals surface area contributed by atoms with Gasteiger partial charge in [-0.2, -0.15) is 0 Å². The second-order valence-electron chi connectivity index (χ2n) is 4.70. The molecule has 0 radical (unpaired) electrons. The van der Waals surface area contributed by atoms with Crippen molar-refractivity contribution in [1.29, 1.82) is 0 Å². The van der Waals surface area contributed by atoms with E-state index >= 15 is 0 Å². The summed E-state index contributed by atoms with van der Waals surface area (Å²) in [5.41, 5.74) is -0.840. The third kappa shape index (κ3) is 3.54. The summed E-state index contributed by atoms with van der Waals surface area (Å²) >= 11 is 3.38. The van der Waals surface area contributed by atoms with Gasteiger partial charge in [0.25, 0.3) is 0 Å². The normalized spacial score (nSPS) is 25.4. The summed E-state index contributed by atoms with van der Waals surface area (Å²) in [4.78, 5) is 24.2. The fourth-order valence-corrected chi connectivity index (χ4v) is 2.96. The summed E-state index contributed by atoms with van der Waals surface area (Å²) in [6.45, 7) is 0. The van der Waals surface area contributed by atoms with Gasteiger partial charge in [0.1, 0.15) is 11.2 Å². The van der Waals surface area contributed by atoms with E-state index in [1.165, 1.54) is 7.11 Å². The molecule has 1 aliphatic rings. The molecule has 1 fully saturated rings. The lowest BCUT2D eigenvalue weighted by Crippen LogP contribution is -2.39. The van der Waals surface area contributed by atoms with Crippen molar-refractivity contribution >= 4 is 27.7 Å². The van der Waals surface area contributed by atoms with Gasteiger partial charge in [0.2, 0.25) is 0 Å². The molecule has 98 valence electrons. The lowest BCUT2D eigenvalue weighted by Gasteiger charge is -2.28. The van der Waals surface area contributed by atoms with Gasteiger partial charge >= 0.3 is 5.97 Å². The molecule has 0 aromatic carbocycles. The molecule has 0 saturated heterocycles. The van der Waals surface area contributed by atoms with Crippen molar-refractivity contribution in [3.63, 3.8) is 0 Å². The number of Topliss-reactive ketones (excluding diaryl/α,β-unsaturated/α-hetero) is 1. The number of rotatable bonds is 5. The second kappa shape index (κ2) is 7.14. The van der Waals surface area contributed by atoms with Crippen molar-refractivity contribution in [2.45, 2.75) is 51.4 Å². The van der Waals surface area contributed by atoms with Crippen LogP contribution in [0.2, 0.25) is 0 Å². The number of halogens is 1. The number of carbonyl (C=O) groups is 2. The maximum Gasteiger partial charge on any atom is 0.319 e. The fraction of sp³-hybridized carbons (Fsp3) is 0.846. The van der Waals surface area contributed by atoms with E-state index in [0.717, 1.165) is 37.4 Å². The van der Waals surface area contributed by atoms with E-state index in [0.29, 0.717) is 19.3 Å². The van der Waals surface area contributed by atoms with Crippen LogP contribution in [0.4, 0.5) is 0 Å². The minimum atomic E-state index is -0.840. The first-order valence-corrected chi connectivity index (χ1v) is 7.47. The highest BCUT2D eigenvalue weighted by atomic mass is 79.9. The van der Waals surface area contributed by atoms with E-state index in [1.54, 1.807) is 0 Å². The Bertz CT molecular complexity index is 278.